The second kappa shape index (κ2) is 31.5. The van der Waals surface area contributed by atoms with Gasteiger partial charge in [0.1, 0.15) is 46.8 Å². The molecule has 1 fully saturated rings. The summed E-state index contributed by atoms with van der Waals surface area (Å²) in [5, 5.41) is 47.6. The van der Waals surface area contributed by atoms with Gasteiger partial charge in [-0.1, -0.05) is 88.7 Å². The van der Waals surface area contributed by atoms with E-state index < -0.39 is 117 Å². The molecule has 0 spiro atoms. The molecular formula is C57H103N11O12. The third-order valence-electron chi connectivity index (χ3n) is 13.7. The topological polar surface area (TPSA) is 326 Å². The summed E-state index contributed by atoms with van der Waals surface area (Å²) in [6, 6.07) is -6.46. The van der Waals surface area contributed by atoms with Gasteiger partial charge in [0, 0.05) is 19.5 Å². The molecule has 0 radical (unpaired) electrons. The Kier molecular flexibility index (Phi) is 28.5. The number of aliphatic hydroxyl groups excluding tert-OH is 1. The van der Waals surface area contributed by atoms with Crippen LogP contribution in [0, 0.1) is 40.7 Å². The minimum absolute atomic E-state index is 0.0205. The van der Waals surface area contributed by atoms with Crippen molar-refractivity contribution in [1.29, 1.82) is 0 Å². The van der Waals surface area contributed by atoms with Crippen molar-refractivity contribution in [2.75, 3.05) is 33.7 Å². The SMILES string of the molecule is CC[C@H](C)/C=C/C(=O)N1C[C@@H](C)C[C@H]1C(=O)N[C@@H](CC(C)C)C(=O)N[C@H](C(=O)NC(C)(C)C(=O)N[C@@H](CC(C)C)C(=O)N[C@@H](CC(C)C)C(=O)NC(C)(C)C(=O)NC(C)(C)C(=O)NCCC(=O)N[C@@H](C)C[N+](C)(C)[O-])[C@H](O)C(C)C. The van der Waals surface area contributed by atoms with Crippen molar-refractivity contribution in [3.8, 4) is 0 Å². The zero-order chi connectivity index (χ0) is 62.0. The third kappa shape index (κ3) is 25.0. The molecule has 23 nitrogen and oxygen atoms in total. The zero-order valence-corrected chi connectivity index (χ0v) is 51.9. The van der Waals surface area contributed by atoms with Gasteiger partial charge in [-0.15, -0.1) is 0 Å². The summed E-state index contributed by atoms with van der Waals surface area (Å²) in [5.41, 5.74) is -4.90. The van der Waals surface area contributed by atoms with Crippen LogP contribution < -0.4 is 47.9 Å². The molecule has 1 heterocycles. The number of likely N-dealkylation sites (tertiary alicyclic amines) is 1. The van der Waals surface area contributed by atoms with E-state index in [1.807, 2.05) is 62.3 Å². The van der Waals surface area contributed by atoms with Gasteiger partial charge in [0.25, 0.3) is 0 Å². The molecule has 10 amide bonds. The number of likely N-dealkylation sites (N-methyl/N-ethyl adjacent to an activating group) is 1. The van der Waals surface area contributed by atoms with E-state index in [0.717, 1.165) is 6.42 Å². The van der Waals surface area contributed by atoms with Crippen molar-refractivity contribution in [3.63, 3.8) is 0 Å². The second-order valence-corrected chi connectivity index (χ2v) is 25.9. The van der Waals surface area contributed by atoms with Crippen molar-refractivity contribution in [2.45, 2.75) is 222 Å². The quantitative estimate of drug-likeness (QED) is 0.0263. The maximum atomic E-state index is 14.2. The lowest BCUT2D eigenvalue weighted by molar-refractivity contribution is -0.840. The van der Waals surface area contributed by atoms with Crippen LogP contribution in [0.5, 0.6) is 0 Å². The molecule has 80 heavy (non-hydrogen) atoms. The third-order valence-corrected chi connectivity index (χ3v) is 13.7. The second-order valence-electron chi connectivity index (χ2n) is 25.9. The molecule has 1 saturated heterocycles. The average molecular weight is 1130 g/mol. The molecule has 458 valence electrons. The van der Waals surface area contributed by atoms with Gasteiger partial charge in [-0.05, 0) is 116 Å². The summed E-state index contributed by atoms with van der Waals surface area (Å²) in [6.07, 6.45) is 3.33. The number of quaternary nitrogens is 1. The minimum atomic E-state index is -1.77. The van der Waals surface area contributed by atoms with Gasteiger partial charge in [-0.25, -0.2) is 0 Å². The number of nitrogens with zero attached hydrogens (tertiary/aromatic N) is 2. The molecule has 9 atom stereocenters. The van der Waals surface area contributed by atoms with Gasteiger partial charge in [0.15, 0.2) is 0 Å². The molecule has 0 aromatic rings. The fraction of sp³-hybridized carbons (Fsp3) is 0.789. The fourth-order valence-corrected chi connectivity index (χ4v) is 8.90. The van der Waals surface area contributed by atoms with Crippen LogP contribution in [0.3, 0.4) is 0 Å². The summed E-state index contributed by atoms with van der Waals surface area (Å²) in [4.78, 5) is 139. The highest BCUT2D eigenvalue weighted by Gasteiger charge is 2.43. The van der Waals surface area contributed by atoms with Gasteiger partial charge >= 0.3 is 0 Å². The van der Waals surface area contributed by atoms with Gasteiger partial charge in [0.05, 0.1) is 32.8 Å². The first-order valence-electron chi connectivity index (χ1n) is 28.5. The predicted octanol–water partition coefficient (Wildman–Crippen LogP) is 2.19. The Balaban J connectivity index is 3.27. The predicted molar refractivity (Wildman–Crippen MR) is 307 cm³/mol. The summed E-state index contributed by atoms with van der Waals surface area (Å²) < 4.78 is -0.590. The maximum absolute atomic E-state index is 14.2. The smallest absolute Gasteiger partial charge is 0.246 e. The molecule has 1 rings (SSSR count). The Morgan fingerprint density at radius 1 is 0.637 bits per heavy atom. The van der Waals surface area contributed by atoms with Gasteiger partial charge in [0.2, 0.25) is 59.1 Å². The van der Waals surface area contributed by atoms with Crippen LogP contribution in [0.15, 0.2) is 12.2 Å². The summed E-state index contributed by atoms with van der Waals surface area (Å²) in [6.45, 7) is 30.9. The average Bonchev–Trinajstić information content (AvgIpc) is 3.71. The molecule has 0 aliphatic carbocycles. The summed E-state index contributed by atoms with van der Waals surface area (Å²) >= 11 is 0. The highest BCUT2D eigenvalue weighted by Crippen LogP contribution is 2.25. The van der Waals surface area contributed by atoms with Gasteiger partial charge < -0.3 is 67.7 Å². The highest BCUT2D eigenvalue weighted by molar-refractivity contribution is 6.00. The highest BCUT2D eigenvalue weighted by atomic mass is 16.5. The van der Waals surface area contributed by atoms with Gasteiger partial charge in [-0.3, -0.25) is 47.9 Å². The van der Waals surface area contributed by atoms with E-state index in [2.05, 4.69) is 47.9 Å². The molecule has 0 aromatic heterocycles. The number of carbonyl (C=O) groups is 10. The zero-order valence-electron chi connectivity index (χ0n) is 51.9. The van der Waals surface area contributed by atoms with E-state index in [-0.39, 0.29) is 80.2 Å². The Labute approximate surface area is 476 Å². The lowest BCUT2D eigenvalue weighted by Crippen LogP contribution is -2.66. The number of aliphatic hydroxyl groups is 1. The van der Waals surface area contributed by atoms with Gasteiger partial charge in [-0.2, -0.15) is 0 Å². The number of carbonyl (C=O) groups excluding carboxylic acids is 10. The van der Waals surface area contributed by atoms with Crippen molar-refractivity contribution in [3.05, 3.63) is 17.4 Å². The van der Waals surface area contributed by atoms with Crippen LogP contribution in [-0.4, -0.2) is 166 Å². The van der Waals surface area contributed by atoms with Crippen LogP contribution in [0.4, 0.5) is 0 Å². The van der Waals surface area contributed by atoms with Crippen molar-refractivity contribution < 1.29 is 57.7 Å². The first-order valence-corrected chi connectivity index (χ1v) is 28.5. The molecule has 23 heteroatoms. The maximum Gasteiger partial charge on any atom is 0.246 e. The van der Waals surface area contributed by atoms with E-state index in [9.17, 15) is 58.3 Å². The fourth-order valence-electron chi connectivity index (χ4n) is 8.90. The Morgan fingerprint density at radius 2 is 1.11 bits per heavy atom. The number of hydrogen-bond acceptors (Lipinski definition) is 12. The number of hydroxylamine groups is 3. The summed E-state index contributed by atoms with van der Waals surface area (Å²) in [5.74, 6) is -7.31. The normalized spacial score (nSPS) is 17.9. The van der Waals surface area contributed by atoms with E-state index in [0.29, 0.717) is 13.0 Å². The largest absolute Gasteiger partial charge is 0.633 e. The molecule has 0 saturated carbocycles. The minimum Gasteiger partial charge on any atom is -0.633 e. The molecule has 1 aliphatic rings. The summed E-state index contributed by atoms with van der Waals surface area (Å²) in [7, 11) is 2.92. The van der Waals surface area contributed by atoms with E-state index in [4.69, 9.17) is 0 Å². The molecular weight excluding hydrogens is 1030 g/mol. The van der Waals surface area contributed by atoms with Crippen LogP contribution in [0.2, 0.25) is 0 Å². The molecule has 0 aromatic carbocycles. The van der Waals surface area contributed by atoms with Crippen molar-refractivity contribution in [1.82, 2.24) is 52.8 Å². The molecule has 0 unspecified atom stereocenters. The molecule has 0 bridgehead atoms. The molecule has 10 N–H and O–H groups in total. The number of allylic oxidation sites excluding steroid dienone is 1. The number of rotatable bonds is 32. The monoisotopic (exact) mass is 1130 g/mol. The number of nitrogens with one attached hydrogen (secondary N) is 9. The van der Waals surface area contributed by atoms with Crippen molar-refractivity contribution >= 4 is 59.1 Å². The standard InChI is InChI=1S/C57H103N11O12/c1-21-36(10)22-23-44(70)67-30-37(11)29-42(67)50(75)61-39(26-32(2)3)48(73)63-45(46(71)35(8)9)51(76)65-56(15,16)53(78)62-40(27-33(4)5)47(72)60-41(28-34(6)7)49(74)64-57(17,18)54(79)66-55(13,14)52(77)58-25-24-43(69)59-38(12)31-68(19,20)80/h22-23,32-42,45-46,71H,21,24-31H2,1-20H3,(H,58,77)(H,59,69)(H,60,72)(H,61,75)(H,62,78)(H,63,73)(H,64,74)(H,65,76)(H,66,79)/b23-22+/t36-,37-,38-,39-,40-,41-,42-,45-,46+/m0/s1. The van der Waals surface area contributed by atoms with Crippen LogP contribution in [0.1, 0.15) is 163 Å². The van der Waals surface area contributed by atoms with E-state index in [1.165, 1.54) is 66.6 Å². The van der Waals surface area contributed by atoms with E-state index >= 15 is 0 Å². The first kappa shape index (κ1) is 72.3. The Hall–Kier alpha value is -5.68. The van der Waals surface area contributed by atoms with Crippen LogP contribution in [-0.2, 0) is 47.9 Å². The van der Waals surface area contributed by atoms with Crippen molar-refractivity contribution in [2.24, 2.45) is 35.5 Å². The number of amides is 10. The van der Waals surface area contributed by atoms with E-state index in [1.54, 1.807) is 26.8 Å². The Morgan fingerprint density at radius 3 is 1.61 bits per heavy atom. The molecule has 1 aliphatic heterocycles. The van der Waals surface area contributed by atoms with Crippen LogP contribution >= 0.6 is 0 Å². The van der Waals surface area contributed by atoms with Crippen LogP contribution in [0.25, 0.3) is 0 Å². The Bertz CT molecular complexity index is 2170. The lowest BCUT2D eigenvalue weighted by Gasteiger charge is -2.36. The first-order chi connectivity index (χ1) is 36.5. The lowest BCUT2D eigenvalue weighted by atomic mass is 9.95. The number of hydrogen-bond donors (Lipinski definition) is 10.